The van der Waals surface area contributed by atoms with Crippen LogP contribution in [0.2, 0.25) is 0 Å². The standard InChI is InChI=1S/C13H20O2/c1-2-3-4-5-9-10-6-7-13(10)11(9)8-15-12(13)14/h6-7,9-12,14H,2-5,8H2,1H3/t9-,10-,11-,12-,13?/m0/s1. The lowest BCUT2D eigenvalue weighted by Crippen LogP contribution is -2.61. The van der Waals surface area contributed by atoms with Crippen molar-refractivity contribution < 1.29 is 9.84 Å². The van der Waals surface area contributed by atoms with Gasteiger partial charge in [0.05, 0.1) is 12.0 Å². The Bertz CT molecular complexity index is 286. The highest BCUT2D eigenvalue weighted by atomic mass is 16.6. The zero-order valence-electron chi connectivity index (χ0n) is 9.36. The van der Waals surface area contributed by atoms with Crippen molar-refractivity contribution in [3.63, 3.8) is 0 Å². The summed E-state index contributed by atoms with van der Waals surface area (Å²) in [6.45, 7) is 3.02. The number of allylic oxidation sites excluding steroid dienone is 1. The Balaban J connectivity index is 1.64. The fraction of sp³-hybridized carbons (Fsp3) is 0.846. The molecule has 0 aromatic carbocycles. The fourth-order valence-electron chi connectivity index (χ4n) is 3.86. The van der Waals surface area contributed by atoms with Gasteiger partial charge in [0.25, 0.3) is 0 Å². The van der Waals surface area contributed by atoms with Gasteiger partial charge in [0.2, 0.25) is 0 Å². The first kappa shape index (κ1) is 9.86. The Hall–Kier alpha value is -0.340. The third-order valence-electron chi connectivity index (χ3n) is 4.79. The first-order valence-electron chi connectivity index (χ1n) is 6.29. The van der Waals surface area contributed by atoms with E-state index in [0.717, 1.165) is 12.5 Å². The molecule has 0 radical (unpaired) electrons. The molecule has 1 heterocycles. The normalized spacial score (nSPS) is 50.5. The van der Waals surface area contributed by atoms with Gasteiger partial charge in [-0.1, -0.05) is 38.3 Å². The highest BCUT2D eigenvalue weighted by molar-refractivity contribution is 5.33. The van der Waals surface area contributed by atoms with Gasteiger partial charge in [0, 0.05) is 5.92 Å². The minimum absolute atomic E-state index is 0.0525. The summed E-state index contributed by atoms with van der Waals surface area (Å²) in [5, 5.41) is 9.82. The molecule has 1 aliphatic heterocycles. The van der Waals surface area contributed by atoms with Gasteiger partial charge in [-0.2, -0.15) is 0 Å². The summed E-state index contributed by atoms with van der Waals surface area (Å²) in [5.41, 5.74) is 0.0525. The van der Waals surface area contributed by atoms with Gasteiger partial charge < -0.3 is 9.84 Å². The molecule has 1 N–H and O–H groups in total. The third kappa shape index (κ3) is 1.07. The monoisotopic (exact) mass is 208 g/mol. The van der Waals surface area contributed by atoms with Gasteiger partial charge in [-0.3, -0.25) is 0 Å². The second kappa shape index (κ2) is 3.33. The molecule has 1 spiro atoms. The second-order valence-electron chi connectivity index (χ2n) is 5.34. The van der Waals surface area contributed by atoms with Crippen molar-refractivity contribution in [2.24, 2.45) is 23.2 Å². The number of hydrogen-bond acceptors (Lipinski definition) is 2. The van der Waals surface area contributed by atoms with E-state index in [0.29, 0.717) is 11.8 Å². The van der Waals surface area contributed by atoms with E-state index in [1.807, 2.05) is 0 Å². The quantitative estimate of drug-likeness (QED) is 0.567. The number of aliphatic hydroxyl groups excluding tert-OH is 1. The molecule has 0 amide bonds. The molecule has 0 bridgehead atoms. The molecule has 0 aromatic heterocycles. The molecule has 2 aliphatic carbocycles. The summed E-state index contributed by atoms with van der Waals surface area (Å²) in [6, 6.07) is 0. The van der Waals surface area contributed by atoms with E-state index in [2.05, 4.69) is 19.1 Å². The number of aliphatic hydroxyl groups is 1. The molecule has 0 aromatic rings. The first-order valence-corrected chi connectivity index (χ1v) is 6.29. The van der Waals surface area contributed by atoms with Crippen LogP contribution in [0.1, 0.15) is 32.6 Å². The molecular weight excluding hydrogens is 188 g/mol. The third-order valence-corrected chi connectivity index (χ3v) is 4.79. The van der Waals surface area contributed by atoms with Crippen molar-refractivity contribution in [3.8, 4) is 0 Å². The van der Waals surface area contributed by atoms with Crippen molar-refractivity contribution in [2.75, 3.05) is 6.61 Å². The maximum Gasteiger partial charge on any atom is 0.164 e. The number of unbranched alkanes of at least 4 members (excludes halogenated alkanes) is 2. The molecule has 1 unspecified atom stereocenters. The minimum atomic E-state index is -0.514. The van der Waals surface area contributed by atoms with Crippen LogP contribution in [-0.4, -0.2) is 18.0 Å². The van der Waals surface area contributed by atoms with Crippen molar-refractivity contribution >= 4 is 0 Å². The van der Waals surface area contributed by atoms with Crippen LogP contribution in [0.5, 0.6) is 0 Å². The largest absolute Gasteiger partial charge is 0.367 e. The fourth-order valence-corrected chi connectivity index (χ4v) is 3.86. The lowest BCUT2D eigenvalue weighted by atomic mass is 9.41. The topological polar surface area (TPSA) is 29.5 Å². The van der Waals surface area contributed by atoms with E-state index >= 15 is 0 Å². The number of rotatable bonds is 4. The second-order valence-corrected chi connectivity index (χ2v) is 5.34. The minimum Gasteiger partial charge on any atom is -0.367 e. The van der Waals surface area contributed by atoms with Crippen LogP contribution >= 0.6 is 0 Å². The van der Waals surface area contributed by atoms with Gasteiger partial charge >= 0.3 is 0 Å². The van der Waals surface area contributed by atoms with Crippen LogP contribution in [0, 0.1) is 23.2 Å². The Kier molecular flexibility index (Phi) is 2.18. The molecular formula is C13H20O2. The molecule has 2 heteroatoms. The smallest absolute Gasteiger partial charge is 0.164 e. The highest BCUT2D eigenvalue weighted by Crippen LogP contribution is 2.69. The van der Waals surface area contributed by atoms with Crippen molar-refractivity contribution in [3.05, 3.63) is 12.2 Å². The van der Waals surface area contributed by atoms with E-state index in [1.54, 1.807) is 0 Å². The van der Waals surface area contributed by atoms with Gasteiger partial charge in [-0.05, 0) is 18.3 Å². The van der Waals surface area contributed by atoms with E-state index in [9.17, 15) is 5.11 Å². The predicted molar refractivity (Wildman–Crippen MR) is 58.1 cm³/mol. The van der Waals surface area contributed by atoms with Crippen LogP contribution in [-0.2, 0) is 4.74 Å². The van der Waals surface area contributed by atoms with E-state index in [-0.39, 0.29) is 5.41 Å². The Morgan fingerprint density at radius 3 is 3.00 bits per heavy atom. The van der Waals surface area contributed by atoms with Gasteiger partial charge in [-0.15, -0.1) is 0 Å². The molecule has 15 heavy (non-hydrogen) atoms. The molecule has 2 fully saturated rings. The molecule has 2 nitrogen and oxygen atoms in total. The average Bonchev–Trinajstić information content (AvgIpc) is 2.53. The van der Waals surface area contributed by atoms with Crippen molar-refractivity contribution in [1.29, 1.82) is 0 Å². The van der Waals surface area contributed by atoms with Crippen LogP contribution < -0.4 is 0 Å². The molecule has 1 saturated heterocycles. The zero-order valence-corrected chi connectivity index (χ0v) is 9.36. The van der Waals surface area contributed by atoms with Crippen LogP contribution in [0.25, 0.3) is 0 Å². The zero-order chi connectivity index (χ0) is 10.5. The summed E-state index contributed by atoms with van der Waals surface area (Å²) in [5.74, 6) is 2.02. The Morgan fingerprint density at radius 1 is 1.47 bits per heavy atom. The van der Waals surface area contributed by atoms with Gasteiger partial charge in [0.1, 0.15) is 0 Å². The summed E-state index contributed by atoms with van der Waals surface area (Å²) in [7, 11) is 0. The van der Waals surface area contributed by atoms with Crippen molar-refractivity contribution in [2.45, 2.75) is 38.9 Å². The maximum absolute atomic E-state index is 9.82. The first-order chi connectivity index (χ1) is 7.30. The maximum atomic E-state index is 9.82. The lowest BCUT2D eigenvalue weighted by molar-refractivity contribution is -0.166. The van der Waals surface area contributed by atoms with E-state index in [1.165, 1.54) is 25.7 Å². The summed E-state index contributed by atoms with van der Waals surface area (Å²) >= 11 is 0. The SMILES string of the molecule is CCCCC[C@H]1[C@@H]2C=CC23[C@@H](O)OC[C@@H]13. The summed E-state index contributed by atoms with van der Waals surface area (Å²) in [4.78, 5) is 0. The molecule has 5 atom stereocenters. The average molecular weight is 208 g/mol. The Labute approximate surface area is 91.3 Å². The van der Waals surface area contributed by atoms with Gasteiger partial charge in [0.15, 0.2) is 6.29 Å². The molecule has 3 aliphatic rings. The molecule has 1 saturated carbocycles. The predicted octanol–water partition coefficient (Wildman–Crippen LogP) is 2.33. The Morgan fingerprint density at radius 2 is 2.33 bits per heavy atom. The summed E-state index contributed by atoms with van der Waals surface area (Å²) < 4.78 is 5.41. The van der Waals surface area contributed by atoms with Gasteiger partial charge in [-0.25, -0.2) is 0 Å². The van der Waals surface area contributed by atoms with Crippen LogP contribution in [0.4, 0.5) is 0 Å². The molecule has 84 valence electrons. The van der Waals surface area contributed by atoms with Crippen LogP contribution in [0.3, 0.4) is 0 Å². The van der Waals surface area contributed by atoms with E-state index < -0.39 is 6.29 Å². The highest BCUT2D eigenvalue weighted by Gasteiger charge is 2.69. The van der Waals surface area contributed by atoms with Crippen molar-refractivity contribution in [1.82, 2.24) is 0 Å². The molecule has 3 rings (SSSR count). The van der Waals surface area contributed by atoms with Crippen LogP contribution in [0.15, 0.2) is 12.2 Å². The number of hydrogen-bond donors (Lipinski definition) is 1. The lowest BCUT2D eigenvalue weighted by Gasteiger charge is -2.61. The summed E-state index contributed by atoms with van der Waals surface area (Å²) in [6.07, 6.45) is 9.26. The number of ether oxygens (including phenoxy) is 1. The van der Waals surface area contributed by atoms with E-state index in [4.69, 9.17) is 4.74 Å².